The smallest absolute Gasteiger partial charge is 0.219 e. The first-order valence-corrected chi connectivity index (χ1v) is 22.2. The summed E-state index contributed by atoms with van der Waals surface area (Å²) in [6.07, 6.45) is 8.60. The largest absolute Gasteiger partial charge is 0.343 e. The van der Waals surface area contributed by atoms with Gasteiger partial charge in [-0.05, 0) is 140 Å². The van der Waals surface area contributed by atoms with Gasteiger partial charge in [0.15, 0.2) is 0 Å². The Kier molecular flexibility index (Phi) is 20.9. The molecule has 0 saturated carbocycles. The number of nitrogens with one attached hydrogen (secondary N) is 1. The third kappa shape index (κ3) is 20.3. The van der Waals surface area contributed by atoms with E-state index in [0.29, 0.717) is 51.2 Å². The van der Waals surface area contributed by atoms with Crippen molar-refractivity contribution in [3.05, 3.63) is 0 Å². The van der Waals surface area contributed by atoms with Crippen LogP contribution in [0, 0.1) is 34.0 Å². The molecule has 0 aliphatic carbocycles. The van der Waals surface area contributed by atoms with Crippen LogP contribution in [0.4, 0.5) is 0 Å². The van der Waals surface area contributed by atoms with Gasteiger partial charge in [-0.25, -0.2) is 0 Å². The lowest BCUT2D eigenvalue weighted by Gasteiger charge is -2.40. The molecule has 5 atom stereocenters. The summed E-state index contributed by atoms with van der Waals surface area (Å²) in [4.78, 5) is 31.1. The highest BCUT2D eigenvalue weighted by molar-refractivity contribution is 5.73. The number of rotatable bonds is 0. The summed E-state index contributed by atoms with van der Waals surface area (Å²) in [7, 11) is 0. The SMILES string of the molecule is CC(=O)N1CCC(C(C)(C)C)C1.CC(=O)N1CCCC(C(C)(C)C)C1.CC(C)(C)C1CCNC1.CC(C)(C)N1CCC(N)C1.CC(C)(C)N1CCCC(N)C1. The number of nitrogens with zero attached hydrogens (tertiary/aromatic N) is 4. The zero-order chi connectivity index (χ0) is 42.6. The second-order valence-electron chi connectivity index (χ2n) is 22.7. The minimum Gasteiger partial charge on any atom is -0.343 e. The van der Waals surface area contributed by atoms with Gasteiger partial charge in [-0.3, -0.25) is 19.4 Å². The Morgan fingerprint density at radius 2 is 0.909 bits per heavy atom. The first-order valence-electron chi connectivity index (χ1n) is 22.2. The van der Waals surface area contributed by atoms with Crippen molar-refractivity contribution >= 4 is 11.8 Å². The van der Waals surface area contributed by atoms with Gasteiger partial charge in [0.2, 0.25) is 11.8 Å². The van der Waals surface area contributed by atoms with E-state index < -0.39 is 0 Å². The Morgan fingerprint density at radius 3 is 1.20 bits per heavy atom. The van der Waals surface area contributed by atoms with Crippen molar-refractivity contribution in [3.8, 4) is 0 Å². The minimum absolute atomic E-state index is 0.224. The average Bonchev–Trinajstić information content (AvgIpc) is 3.84. The fourth-order valence-corrected chi connectivity index (χ4v) is 8.13. The van der Waals surface area contributed by atoms with Crippen LogP contribution in [0.5, 0.6) is 0 Å². The van der Waals surface area contributed by atoms with Crippen molar-refractivity contribution in [1.29, 1.82) is 0 Å². The van der Waals surface area contributed by atoms with Crippen LogP contribution in [-0.2, 0) is 9.59 Å². The molecule has 5 rings (SSSR count). The summed E-state index contributed by atoms with van der Waals surface area (Å²) >= 11 is 0. The second kappa shape index (κ2) is 22.2. The lowest BCUT2D eigenvalue weighted by Crippen LogP contribution is -2.51. The van der Waals surface area contributed by atoms with E-state index in [1.54, 1.807) is 13.8 Å². The Balaban J connectivity index is 0.000000346. The molecule has 0 aromatic rings. The van der Waals surface area contributed by atoms with Crippen LogP contribution in [0.25, 0.3) is 0 Å². The van der Waals surface area contributed by atoms with Gasteiger partial charge < -0.3 is 26.6 Å². The highest BCUT2D eigenvalue weighted by atomic mass is 16.2. The zero-order valence-electron chi connectivity index (χ0n) is 39.7. The van der Waals surface area contributed by atoms with Crippen molar-refractivity contribution in [1.82, 2.24) is 24.9 Å². The molecule has 2 amide bonds. The second-order valence-corrected chi connectivity index (χ2v) is 22.7. The molecular weight excluding hydrogens is 683 g/mol. The van der Waals surface area contributed by atoms with Crippen molar-refractivity contribution < 1.29 is 9.59 Å². The Labute approximate surface area is 342 Å². The molecule has 0 aromatic heterocycles. The summed E-state index contributed by atoms with van der Waals surface area (Å²) in [6.45, 7) is 48.2. The van der Waals surface area contributed by atoms with E-state index in [1.807, 2.05) is 9.80 Å². The summed E-state index contributed by atoms with van der Waals surface area (Å²) < 4.78 is 0. The molecular formula is C46H95N7O2. The molecule has 55 heavy (non-hydrogen) atoms. The molecule has 0 radical (unpaired) electrons. The molecule has 0 aromatic carbocycles. The van der Waals surface area contributed by atoms with Crippen LogP contribution in [0.3, 0.4) is 0 Å². The molecule has 5 heterocycles. The third-order valence-corrected chi connectivity index (χ3v) is 12.8. The van der Waals surface area contributed by atoms with Crippen molar-refractivity contribution in [2.24, 2.45) is 45.5 Å². The van der Waals surface area contributed by atoms with Crippen molar-refractivity contribution in [3.63, 3.8) is 0 Å². The monoisotopic (exact) mass is 778 g/mol. The first-order chi connectivity index (χ1) is 24.9. The average molecular weight is 778 g/mol. The number of hydrogen-bond acceptors (Lipinski definition) is 7. The van der Waals surface area contributed by atoms with Crippen LogP contribution in [-0.4, -0.2) is 120 Å². The fourth-order valence-electron chi connectivity index (χ4n) is 8.13. The predicted octanol–water partition coefficient (Wildman–Crippen LogP) is 7.86. The lowest BCUT2D eigenvalue weighted by molar-refractivity contribution is -0.131. The van der Waals surface area contributed by atoms with Gasteiger partial charge in [-0.15, -0.1) is 0 Å². The van der Waals surface area contributed by atoms with Gasteiger partial charge in [-0.1, -0.05) is 62.3 Å². The molecule has 9 nitrogen and oxygen atoms in total. The summed E-state index contributed by atoms with van der Waals surface area (Å²) in [6, 6.07) is 0.821. The summed E-state index contributed by atoms with van der Waals surface area (Å²) in [5.74, 6) is 2.71. The number of amides is 2. The van der Waals surface area contributed by atoms with E-state index in [0.717, 1.165) is 51.6 Å². The number of hydrogen-bond donors (Lipinski definition) is 3. The predicted molar refractivity (Wildman–Crippen MR) is 237 cm³/mol. The Bertz CT molecular complexity index is 1100. The van der Waals surface area contributed by atoms with Crippen LogP contribution in [0.2, 0.25) is 0 Å². The maximum absolute atomic E-state index is 11.2. The molecule has 0 spiro atoms. The van der Waals surface area contributed by atoms with Gasteiger partial charge in [0.25, 0.3) is 0 Å². The maximum Gasteiger partial charge on any atom is 0.219 e. The van der Waals surface area contributed by atoms with Crippen LogP contribution < -0.4 is 16.8 Å². The number of nitrogens with two attached hydrogens (primary N) is 2. The maximum atomic E-state index is 11.2. The lowest BCUT2D eigenvalue weighted by atomic mass is 9.76. The van der Waals surface area contributed by atoms with E-state index in [4.69, 9.17) is 11.5 Å². The Morgan fingerprint density at radius 1 is 0.491 bits per heavy atom. The van der Waals surface area contributed by atoms with E-state index in [-0.39, 0.29) is 11.8 Å². The molecule has 5 aliphatic heterocycles. The molecule has 0 bridgehead atoms. The first kappa shape index (κ1) is 51.8. The molecule has 5 aliphatic rings. The molecule has 326 valence electrons. The quantitative estimate of drug-likeness (QED) is 0.230. The number of carbonyl (C=O) groups is 2. The van der Waals surface area contributed by atoms with E-state index >= 15 is 0 Å². The standard InChI is InChI=1S/C11H21NO.C10H19NO.C9H20N2.C8H18N2.C8H17N/c1-9(13)12-7-5-6-10(8-12)11(2,3)4;1-8(12)11-6-5-9(7-11)10(2,3)4;1-9(2,3)11-6-4-5-8(10)7-11;1-8(2,3)10-5-4-7(9)6-10;1-8(2,3)7-4-5-9-6-7/h10H,5-8H2,1-4H3;9H,5-7H2,1-4H3;8H,4-7,10H2,1-3H3;7H,4-6,9H2,1-3H3;7,9H,4-6H2,1-3H3. The van der Waals surface area contributed by atoms with Crippen LogP contribution in [0.15, 0.2) is 0 Å². The van der Waals surface area contributed by atoms with E-state index in [1.165, 1.54) is 64.7 Å². The number of piperidine rings is 2. The molecule has 5 N–H and O–H groups in total. The van der Waals surface area contributed by atoms with Gasteiger partial charge >= 0.3 is 0 Å². The normalized spacial score (nSPS) is 27.1. The van der Waals surface area contributed by atoms with Gasteiger partial charge in [0.05, 0.1) is 0 Å². The third-order valence-electron chi connectivity index (χ3n) is 12.8. The highest BCUT2D eigenvalue weighted by Crippen LogP contribution is 2.34. The molecule has 5 fully saturated rings. The van der Waals surface area contributed by atoms with Crippen molar-refractivity contribution in [2.75, 3.05) is 65.4 Å². The number of carbonyl (C=O) groups excluding carboxylic acids is 2. The highest BCUT2D eigenvalue weighted by Gasteiger charge is 2.33. The topological polar surface area (TPSA) is 111 Å². The summed E-state index contributed by atoms with van der Waals surface area (Å²) in [5.41, 5.74) is 13.5. The minimum atomic E-state index is 0.224. The van der Waals surface area contributed by atoms with Gasteiger partial charge in [0, 0.05) is 82.8 Å². The molecule has 5 unspecified atom stereocenters. The van der Waals surface area contributed by atoms with Crippen LogP contribution in [0.1, 0.15) is 163 Å². The zero-order valence-corrected chi connectivity index (χ0v) is 39.7. The Hall–Kier alpha value is -1.26. The fraction of sp³-hybridized carbons (Fsp3) is 0.957. The molecule has 5 saturated heterocycles. The van der Waals surface area contributed by atoms with Crippen LogP contribution >= 0.6 is 0 Å². The van der Waals surface area contributed by atoms with E-state index in [2.05, 4.69) is 119 Å². The summed E-state index contributed by atoms with van der Waals surface area (Å²) in [5, 5.41) is 3.38. The van der Waals surface area contributed by atoms with Crippen molar-refractivity contribution in [2.45, 2.75) is 186 Å². The molecule has 9 heteroatoms. The van der Waals surface area contributed by atoms with E-state index in [9.17, 15) is 9.59 Å². The number of likely N-dealkylation sites (tertiary alicyclic amines) is 4. The van der Waals surface area contributed by atoms with Gasteiger partial charge in [-0.2, -0.15) is 0 Å². The van der Waals surface area contributed by atoms with Gasteiger partial charge in [0.1, 0.15) is 0 Å².